The first-order chi connectivity index (χ1) is 8.77. The van der Waals surface area contributed by atoms with E-state index in [9.17, 15) is 5.11 Å². The number of aliphatic hydroxyl groups is 1. The summed E-state index contributed by atoms with van der Waals surface area (Å²) in [5.41, 5.74) is 1.37. The lowest BCUT2D eigenvalue weighted by Crippen LogP contribution is -2.34. The van der Waals surface area contributed by atoms with E-state index in [4.69, 9.17) is 0 Å². The van der Waals surface area contributed by atoms with Gasteiger partial charge in [0.05, 0.1) is 6.10 Å². The average Bonchev–Trinajstić information content (AvgIpc) is 2.41. The molecule has 0 saturated heterocycles. The van der Waals surface area contributed by atoms with E-state index in [-0.39, 0.29) is 6.10 Å². The van der Waals surface area contributed by atoms with Crippen LogP contribution >= 0.6 is 0 Å². The maximum atomic E-state index is 9.48. The van der Waals surface area contributed by atoms with Crippen LogP contribution < -0.4 is 5.32 Å². The van der Waals surface area contributed by atoms with Gasteiger partial charge < -0.3 is 10.4 Å². The molecule has 0 aromatic heterocycles. The second kappa shape index (κ2) is 6.91. The molecule has 1 aromatic rings. The zero-order chi connectivity index (χ0) is 12.8. The van der Waals surface area contributed by atoms with Crippen LogP contribution in [-0.2, 0) is 0 Å². The number of hydrogen-bond donors (Lipinski definition) is 2. The van der Waals surface area contributed by atoms with Gasteiger partial charge in [-0.1, -0.05) is 49.6 Å². The van der Waals surface area contributed by atoms with Crippen molar-refractivity contribution in [2.24, 2.45) is 5.92 Å². The van der Waals surface area contributed by atoms with Gasteiger partial charge in [-0.25, -0.2) is 0 Å². The second-order valence-electron chi connectivity index (χ2n) is 5.54. The van der Waals surface area contributed by atoms with Gasteiger partial charge in [0.1, 0.15) is 0 Å². The minimum absolute atomic E-state index is 0.278. The highest BCUT2D eigenvalue weighted by Crippen LogP contribution is 2.34. The predicted molar refractivity (Wildman–Crippen MR) is 75.4 cm³/mol. The summed E-state index contributed by atoms with van der Waals surface area (Å²) in [5, 5.41) is 13.0. The molecule has 0 aliphatic heterocycles. The summed E-state index contributed by atoms with van der Waals surface area (Å²) in [5.74, 6) is 0.722. The van der Waals surface area contributed by atoms with Crippen LogP contribution in [0.25, 0.3) is 0 Å². The van der Waals surface area contributed by atoms with Crippen molar-refractivity contribution in [1.82, 2.24) is 5.32 Å². The minimum atomic E-state index is -0.278. The van der Waals surface area contributed by atoms with Gasteiger partial charge in [-0.05, 0) is 31.2 Å². The van der Waals surface area contributed by atoms with E-state index in [1.807, 2.05) is 6.92 Å². The molecule has 1 saturated carbocycles. The first-order valence-corrected chi connectivity index (χ1v) is 7.24. The largest absolute Gasteiger partial charge is 0.392 e. The minimum Gasteiger partial charge on any atom is -0.392 e. The number of rotatable bonds is 5. The lowest BCUT2D eigenvalue weighted by Gasteiger charge is -2.32. The molecule has 2 rings (SSSR count). The highest BCUT2D eigenvalue weighted by Gasteiger charge is 2.24. The van der Waals surface area contributed by atoms with E-state index in [2.05, 4.69) is 35.6 Å². The van der Waals surface area contributed by atoms with Gasteiger partial charge >= 0.3 is 0 Å². The van der Waals surface area contributed by atoms with Crippen LogP contribution in [0, 0.1) is 5.92 Å². The van der Waals surface area contributed by atoms with E-state index in [0.29, 0.717) is 12.6 Å². The molecule has 1 aromatic carbocycles. The Labute approximate surface area is 110 Å². The number of benzene rings is 1. The average molecular weight is 247 g/mol. The van der Waals surface area contributed by atoms with Crippen molar-refractivity contribution in [2.75, 3.05) is 6.54 Å². The summed E-state index contributed by atoms with van der Waals surface area (Å²) in [7, 11) is 0. The van der Waals surface area contributed by atoms with Gasteiger partial charge in [-0.15, -0.1) is 0 Å². The Bertz CT molecular complexity index is 330. The molecule has 0 bridgehead atoms. The molecule has 0 heterocycles. The summed E-state index contributed by atoms with van der Waals surface area (Å²) in [6.45, 7) is 2.52. The van der Waals surface area contributed by atoms with Gasteiger partial charge in [-0.2, -0.15) is 0 Å². The van der Waals surface area contributed by atoms with E-state index in [1.54, 1.807) is 0 Å². The van der Waals surface area contributed by atoms with Crippen molar-refractivity contribution >= 4 is 0 Å². The van der Waals surface area contributed by atoms with Crippen LogP contribution in [0.1, 0.15) is 50.6 Å². The molecule has 2 nitrogen and oxygen atoms in total. The van der Waals surface area contributed by atoms with E-state index in [1.165, 1.54) is 37.7 Å². The lowest BCUT2D eigenvalue weighted by molar-refractivity contribution is 0.173. The third-order valence-electron chi connectivity index (χ3n) is 3.91. The second-order valence-corrected chi connectivity index (χ2v) is 5.54. The molecule has 2 atom stereocenters. The number of hydrogen-bond acceptors (Lipinski definition) is 2. The molecule has 100 valence electrons. The van der Waals surface area contributed by atoms with Crippen LogP contribution in [0.2, 0.25) is 0 Å². The van der Waals surface area contributed by atoms with E-state index < -0.39 is 0 Å². The molecule has 1 aliphatic carbocycles. The fraction of sp³-hybridized carbons (Fsp3) is 0.625. The van der Waals surface area contributed by atoms with Crippen molar-refractivity contribution in [3.63, 3.8) is 0 Å². The normalized spacial score (nSPS) is 20.6. The molecule has 0 amide bonds. The van der Waals surface area contributed by atoms with Crippen molar-refractivity contribution in [3.05, 3.63) is 35.9 Å². The molecule has 2 heteroatoms. The van der Waals surface area contributed by atoms with Crippen LogP contribution in [0.5, 0.6) is 0 Å². The third-order valence-corrected chi connectivity index (χ3v) is 3.91. The van der Waals surface area contributed by atoms with Gasteiger partial charge in [0, 0.05) is 12.6 Å². The molecule has 1 aliphatic rings. The molecule has 18 heavy (non-hydrogen) atoms. The Morgan fingerprint density at radius 1 is 1.17 bits per heavy atom. The van der Waals surface area contributed by atoms with Crippen LogP contribution in [0.15, 0.2) is 30.3 Å². The Morgan fingerprint density at radius 3 is 2.44 bits per heavy atom. The van der Waals surface area contributed by atoms with Crippen molar-refractivity contribution in [3.8, 4) is 0 Å². The molecular formula is C16H25NO. The standard InChI is InChI=1S/C16H25NO/c1-13(18)12-17-16(14-8-4-2-5-9-14)15-10-6-3-7-11-15/h2,4-5,8-9,13,15-18H,3,6-7,10-12H2,1H3. The molecule has 1 fully saturated rings. The highest BCUT2D eigenvalue weighted by atomic mass is 16.3. The quantitative estimate of drug-likeness (QED) is 0.837. The molecule has 2 N–H and O–H groups in total. The van der Waals surface area contributed by atoms with Gasteiger partial charge in [-0.3, -0.25) is 0 Å². The van der Waals surface area contributed by atoms with Crippen molar-refractivity contribution < 1.29 is 5.11 Å². The first-order valence-electron chi connectivity index (χ1n) is 7.24. The van der Waals surface area contributed by atoms with E-state index in [0.717, 1.165) is 5.92 Å². The fourth-order valence-corrected chi connectivity index (χ4v) is 2.98. The van der Waals surface area contributed by atoms with Gasteiger partial charge in [0.15, 0.2) is 0 Å². The van der Waals surface area contributed by atoms with Crippen molar-refractivity contribution in [1.29, 1.82) is 0 Å². The van der Waals surface area contributed by atoms with Gasteiger partial charge in [0.25, 0.3) is 0 Å². The maximum absolute atomic E-state index is 9.48. The third kappa shape index (κ3) is 3.82. The summed E-state index contributed by atoms with van der Waals surface area (Å²) in [4.78, 5) is 0. The van der Waals surface area contributed by atoms with Crippen LogP contribution in [0.4, 0.5) is 0 Å². The van der Waals surface area contributed by atoms with Crippen molar-refractivity contribution in [2.45, 2.75) is 51.2 Å². The lowest BCUT2D eigenvalue weighted by atomic mass is 9.81. The number of nitrogens with one attached hydrogen (secondary N) is 1. The maximum Gasteiger partial charge on any atom is 0.0636 e. The number of aliphatic hydroxyl groups excluding tert-OH is 1. The smallest absolute Gasteiger partial charge is 0.0636 e. The topological polar surface area (TPSA) is 32.3 Å². The zero-order valence-electron chi connectivity index (χ0n) is 11.3. The van der Waals surface area contributed by atoms with Crippen LogP contribution in [0.3, 0.4) is 0 Å². The molecular weight excluding hydrogens is 222 g/mol. The molecule has 0 spiro atoms. The fourth-order valence-electron chi connectivity index (χ4n) is 2.98. The Morgan fingerprint density at radius 2 is 1.83 bits per heavy atom. The summed E-state index contributed by atoms with van der Waals surface area (Å²) < 4.78 is 0. The van der Waals surface area contributed by atoms with E-state index >= 15 is 0 Å². The molecule has 2 unspecified atom stereocenters. The summed E-state index contributed by atoms with van der Waals surface area (Å²) in [6.07, 6.45) is 6.43. The summed E-state index contributed by atoms with van der Waals surface area (Å²) >= 11 is 0. The van der Waals surface area contributed by atoms with Crippen LogP contribution in [-0.4, -0.2) is 17.8 Å². The molecule has 0 radical (unpaired) electrons. The predicted octanol–water partition coefficient (Wildman–Crippen LogP) is 3.28. The summed E-state index contributed by atoms with van der Waals surface area (Å²) in [6, 6.07) is 11.1. The zero-order valence-corrected chi connectivity index (χ0v) is 11.3. The Hall–Kier alpha value is -0.860. The Balaban J connectivity index is 2.06. The highest BCUT2D eigenvalue weighted by molar-refractivity contribution is 5.20. The Kier molecular flexibility index (Phi) is 5.21. The van der Waals surface area contributed by atoms with Gasteiger partial charge in [0.2, 0.25) is 0 Å². The monoisotopic (exact) mass is 247 g/mol. The SMILES string of the molecule is CC(O)CNC(c1ccccc1)C1CCCCC1. The first kappa shape index (κ1) is 13.6.